The first-order valence-electron chi connectivity index (χ1n) is 20.4. The van der Waals surface area contributed by atoms with Gasteiger partial charge in [0.15, 0.2) is 0 Å². The molecule has 0 radical (unpaired) electrons. The molecular weight excluding hydrogens is 731 g/mol. The van der Waals surface area contributed by atoms with E-state index in [4.69, 9.17) is 4.74 Å². The molecule has 288 valence electrons. The number of ether oxygens (including phenoxy) is 1. The Morgan fingerprint density at radius 1 is 0.623 bits per heavy atom. The van der Waals surface area contributed by atoms with Gasteiger partial charge in [-0.3, -0.25) is 14.2 Å². The molecule has 0 spiro atoms. The minimum Gasteiger partial charge on any atom is -0.492 e. The van der Waals surface area contributed by atoms with Crippen LogP contribution in [0.1, 0.15) is 150 Å². The predicted octanol–water partition coefficient (Wildman–Crippen LogP) is 14.9. The normalized spacial score (nSPS) is 12.9. The molecule has 0 fully saturated rings. The maximum atomic E-state index is 14.6. The van der Waals surface area contributed by atoms with Crippen LogP contribution in [-0.2, 0) is 11.3 Å². The Hall–Kier alpha value is -2.52. The number of hydrogen-bond acceptors (Lipinski definition) is 7. The molecule has 5 aromatic heterocycles. The van der Waals surface area contributed by atoms with Crippen molar-refractivity contribution in [3.8, 4) is 9.75 Å². The SMILES string of the molecule is CCCCCCCCCCC(CCCCCCCC)Cn1c(=O)c2cc(C)sc2c2sc(-c3ccc(/C(C)=C(\OCC)c4ccc(C)s4)s3)cc2c1=O. The lowest BCUT2D eigenvalue weighted by Gasteiger charge is -2.17. The molecule has 0 N–H and O–H groups in total. The average Bonchev–Trinajstić information content (AvgIpc) is 3.96. The van der Waals surface area contributed by atoms with Crippen molar-refractivity contribution in [3.05, 3.63) is 76.6 Å². The summed E-state index contributed by atoms with van der Waals surface area (Å²) in [5, 5.41) is 1.37. The molecule has 8 heteroatoms. The minimum atomic E-state index is -0.128. The lowest BCUT2D eigenvalue weighted by Crippen LogP contribution is -2.33. The van der Waals surface area contributed by atoms with E-state index in [2.05, 4.69) is 65.0 Å². The summed E-state index contributed by atoms with van der Waals surface area (Å²) in [7, 11) is 0. The Morgan fingerprint density at radius 2 is 1.19 bits per heavy atom. The molecule has 0 aromatic carbocycles. The summed E-state index contributed by atoms with van der Waals surface area (Å²) in [6.07, 6.45) is 20.0. The highest BCUT2D eigenvalue weighted by Gasteiger charge is 2.21. The summed E-state index contributed by atoms with van der Waals surface area (Å²) >= 11 is 6.79. The lowest BCUT2D eigenvalue weighted by atomic mass is 9.93. The van der Waals surface area contributed by atoms with Crippen molar-refractivity contribution < 1.29 is 4.74 Å². The number of thiophene rings is 4. The highest BCUT2D eigenvalue weighted by Crippen LogP contribution is 2.42. The van der Waals surface area contributed by atoms with E-state index in [0.29, 0.717) is 29.8 Å². The van der Waals surface area contributed by atoms with Crippen LogP contribution in [-0.4, -0.2) is 11.2 Å². The van der Waals surface area contributed by atoms with Gasteiger partial charge in [-0.25, -0.2) is 0 Å². The lowest BCUT2D eigenvalue weighted by molar-refractivity contribution is 0.300. The van der Waals surface area contributed by atoms with Gasteiger partial charge in [0.25, 0.3) is 11.1 Å². The molecule has 0 saturated heterocycles. The highest BCUT2D eigenvalue weighted by molar-refractivity contribution is 7.30. The van der Waals surface area contributed by atoms with Gasteiger partial charge < -0.3 is 4.74 Å². The third-order valence-electron chi connectivity index (χ3n) is 10.4. The molecule has 0 bridgehead atoms. The minimum absolute atomic E-state index is 0.116. The third-order valence-corrected chi connectivity index (χ3v) is 15.2. The van der Waals surface area contributed by atoms with Crippen LogP contribution in [0.4, 0.5) is 0 Å². The largest absolute Gasteiger partial charge is 0.492 e. The predicted molar refractivity (Wildman–Crippen MR) is 238 cm³/mol. The maximum absolute atomic E-state index is 14.6. The van der Waals surface area contributed by atoms with Gasteiger partial charge in [-0.05, 0) is 82.9 Å². The number of hydrogen-bond donors (Lipinski definition) is 0. The quantitative estimate of drug-likeness (QED) is 0.0489. The van der Waals surface area contributed by atoms with E-state index >= 15 is 0 Å². The second kappa shape index (κ2) is 21.0. The van der Waals surface area contributed by atoms with Crippen LogP contribution >= 0.6 is 45.3 Å². The molecule has 5 heterocycles. The second-order valence-corrected chi connectivity index (χ2v) is 19.5. The van der Waals surface area contributed by atoms with Crippen molar-refractivity contribution in [1.29, 1.82) is 0 Å². The van der Waals surface area contributed by atoms with Gasteiger partial charge in [0.1, 0.15) is 5.76 Å². The fraction of sp³-hybridized carbons (Fsp3) is 0.556. The number of unbranched alkanes of at least 4 members (excludes halogenated alkanes) is 12. The molecule has 0 aliphatic carbocycles. The van der Waals surface area contributed by atoms with Crippen LogP contribution in [0.2, 0.25) is 0 Å². The van der Waals surface area contributed by atoms with Crippen molar-refractivity contribution in [1.82, 2.24) is 4.57 Å². The first-order valence-corrected chi connectivity index (χ1v) is 23.6. The average molecular weight is 792 g/mol. The molecule has 5 aromatic rings. The van der Waals surface area contributed by atoms with E-state index in [-0.39, 0.29) is 11.1 Å². The van der Waals surface area contributed by atoms with Gasteiger partial charge in [-0.15, -0.1) is 45.3 Å². The Bertz CT molecular complexity index is 2050. The van der Waals surface area contributed by atoms with Crippen LogP contribution in [0.3, 0.4) is 0 Å². The fourth-order valence-corrected chi connectivity index (χ4v) is 11.8. The molecule has 5 rings (SSSR count). The molecule has 1 atom stereocenters. The van der Waals surface area contributed by atoms with Crippen molar-refractivity contribution in [2.75, 3.05) is 6.61 Å². The third kappa shape index (κ3) is 11.0. The Kier molecular flexibility index (Phi) is 16.5. The molecule has 0 aliphatic rings. The maximum Gasteiger partial charge on any atom is 0.262 e. The number of aromatic nitrogens is 1. The van der Waals surface area contributed by atoms with E-state index in [9.17, 15) is 9.59 Å². The van der Waals surface area contributed by atoms with Crippen LogP contribution in [0.25, 0.3) is 41.3 Å². The number of nitrogens with zero attached hydrogens (tertiary/aromatic N) is 1. The number of rotatable bonds is 23. The first kappa shape index (κ1) is 41.6. The van der Waals surface area contributed by atoms with Gasteiger partial charge in [0.2, 0.25) is 0 Å². The van der Waals surface area contributed by atoms with Crippen molar-refractivity contribution in [2.45, 2.75) is 151 Å². The van der Waals surface area contributed by atoms with E-state index in [1.54, 1.807) is 49.9 Å². The first-order chi connectivity index (χ1) is 25.7. The monoisotopic (exact) mass is 791 g/mol. The standard InChI is InChI=1S/C45H61NO3S4/c1-7-10-12-14-16-17-19-21-23-34(22-20-18-15-13-11-8-2)30-46-44(47)35-28-32(5)51-42(35)43-36(45(46)48)29-40(53-43)38-27-26-37(52-38)33(6)41(49-9-3)39-25-24-31(4)50-39/h24-29,34H,7-23,30H2,1-6H3/b41-33-. The van der Waals surface area contributed by atoms with E-state index < -0.39 is 0 Å². The van der Waals surface area contributed by atoms with Gasteiger partial charge in [-0.1, -0.05) is 104 Å². The summed E-state index contributed by atoms with van der Waals surface area (Å²) in [5.74, 6) is 1.27. The van der Waals surface area contributed by atoms with E-state index in [1.807, 2.05) is 13.0 Å². The molecule has 4 nitrogen and oxygen atoms in total. The zero-order valence-electron chi connectivity index (χ0n) is 33.1. The topological polar surface area (TPSA) is 48.3 Å². The van der Waals surface area contributed by atoms with Gasteiger partial charge in [-0.2, -0.15) is 0 Å². The van der Waals surface area contributed by atoms with Crippen LogP contribution < -0.4 is 11.1 Å². The molecule has 53 heavy (non-hydrogen) atoms. The fourth-order valence-electron chi connectivity index (χ4n) is 7.44. The zero-order valence-corrected chi connectivity index (χ0v) is 36.3. The molecular formula is C45H61NO3S4. The zero-order chi connectivity index (χ0) is 37.7. The molecule has 0 saturated carbocycles. The van der Waals surface area contributed by atoms with Gasteiger partial charge >= 0.3 is 0 Å². The van der Waals surface area contributed by atoms with E-state index in [1.165, 1.54) is 94.8 Å². The van der Waals surface area contributed by atoms with Crippen LogP contribution in [0.15, 0.2) is 46.0 Å². The van der Waals surface area contributed by atoms with Crippen LogP contribution in [0.5, 0.6) is 0 Å². The Morgan fingerprint density at radius 3 is 1.77 bits per heavy atom. The van der Waals surface area contributed by atoms with Crippen molar-refractivity contribution >= 4 is 76.9 Å². The smallest absolute Gasteiger partial charge is 0.262 e. The van der Waals surface area contributed by atoms with Crippen molar-refractivity contribution in [2.24, 2.45) is 5.92 Å². The number of fused-ring (bicyclic) bond motifs is 3. The highest BCUT2D eigenvalue weighted by atomic mass is 32.1. The Balaban J connectivity index is 1.46. The van der Waals surface area contributed by atoms with Gasteiger partial charge in [0, 0.05) is 36.5 Å². The van der Waals surface area contributed by atoms with Gasteiger partial charge in [0.05, 0.1) is 31.7 Å². The number of aryl methyl sites for hydroxylation is 2. The Labute approximate surface area is 334 Å². The summed E-state index contributed by atoms with van der Waals surface area (Å²) in [6.45, 7) is 14.0. The molecule has 0 aliphatic heterocycles. The summed E-state index contributed by atoms with van der Waals surface area (Å²) in [4.78, 5) is 35.7. The molecule has 1 unspecified atom stereocenters. The molecule has 0 amide bonds. The van der Waals surface area contributed by atoms with E-state index in [0.717, 1.165) is 58.0 Å². The number of allylic oxidation sites excluding steroid dienone is 1. The second-order valence-electron chi connectivity index (χ2n) is 14.8. The summed E-state index contributed by atoms with van der Waals surface area (Å²) in [6, 6.07) is 12.7. The summed E-state index contributed by atoms with van der Waals surface area (Å²) in [5.41, 5.74) is 0.881. The van der Waals surface area contributed by atoms with Crippen LogP contribution in [0, 0.1) is 19.8 Å². The summed E-state index contributed by atoms with van der Waals surface area (Å²) < 4.78 is 9.70. The van der Waals surface area contributed by atoms with Crippen molar-refractivity contribution in [3.63, 3.8) is 0 Å².